The highest BCUT2D eigenvalue weighted by molar-refractivity contribution is 5.46. The Bertz CT molecular complexity index is 404. The summed E-state index contributed by atoms with van der Waals surface area (Å²) in [5.41, 5.74) is 8.34. The van der Waals surface area contributed by atoms with E-state index in [1.807, 2.05) is 19.2 Å². The van der Waals surface area contributed by atoms with E-state index in [1.54, 1.807) is 10.7 Å². The maximum atomic E-state index is 5.52. The molecule has 12 heavy (non-hydrogen) atoms. The number of aromatic nitrogens is 3. The van der Waals surface area contributed by atoms with Gasteiger partial charge in [0.05, 0.1) is 6.20 Å². The van der Waals surface area contributed by atoms with E-state index in [2.05, 4.69) is 10.1 Å². The van der Waals surface area contributed by atoms with Crippen molar-refractivity contribution in [1.29, 1.82) is 0 Å². The quantitative estimate of drug-likeness (QED) is 0.664. The zero-order valence-corrected chi connectivity index (χ0v) is 6.86. The number of nitrogens with zero attached hydrogens (tertiary/aromatic N) is 3. The van der Waals surface area contributed by atoms with E-state index in [0.717, 1.165) is 16.9 Å². The zero-order valence-electron chi connectivity index (χ0n) is 6.86. The van der Waals surface area contributed by atoms with Crippen molar-refractivity contribution in [3.8, 4) is 0 Å². The Kier molecular flexibility index (Phi) is 1.55. The molecule has 0 aliphatic heterocycles. The second kappa shape index (κ2) is 2.57. The fraction of sp³-hybridized carbons (Fsp3) is 0.250. The van der Waals surface area contributed by atoms with Crippen molar-refractivity contribution in [2.24, 2.45) is 5.73 Å². The van der Waals surface area contributed by atoms with Crippen LogP contribution in [0.25, 0.3) is 5.65 Å². The SMILES string of the molecule is Cc1ccn2ncc(CN)c2n1. The van der Waals surface area contributed by atoms with E-state index < -0.39 is 0 Å². The molecule has 0 aliphatic rings. The minimum Gasteiger partial charge on any atom is -0.326 e. The van der Waals surface area contributed by atoms with Crippen LogP contribution in [0, 0.1) is 6.92 Å². The van der Waals surface area contributed by atoms with Gasteiger partial charge in [-0.1, -0.05) is 0 Å². The lowest BCUT2D eigenvalue weighted by Crippen LogP contribution is -1.97. The van der Waals surface area contributed by atoms with E-state index >= 15 is 0 Å². The second-order valence-corrected chi connectivity index (χ2v) is 2.71. The molecule has 0 atom stereocenters. The number of hydrogen-bond acceptors (Lipinski definition) is 3. The molecule has 2 N–H and O–H groups in total. The molecule has 4 nitrogen and oxygen atoms in total. The molecule has 0 aliphatic carbocycles. The molecule has 0 bridgehead atoms. The lowest BCUT2D eigenvalue weighted by molar-refractivity contribution is 0.929. The van der Waals surface area contributed by atoms with Crippen LogP contribution in [-0.4, -0.2) is 14.6 Å². The van der Waals surface area contributed by atoms with Gasteiger partial charge in [0, 0.05) is 24.0 Å². The molecule has 2 rings (SSSR count). The van der Waals surface area contributed by atoms with Crippen molar-refractivity contribution < 1.29 is 0 Å². The van der Waals surface area contributed by atoms with Crippen molar-refractivity contribution in [2.75, 3.05) is 0 Å². The van der Waals surface area contributed by atoms with Crippen LogP contribution in [0.2, 0.25) is 0 Å². The molecule has 0 unspecified atom stereocenters. The number of aryl methyl sites for hydroxylation is 1. The molecule has 0 spiro atoms. The maximum absolute atomic E-state index is 5.52. The Morgan fingerprint density at radius 3 is 3.17 bits per heavy atom. The van der Waals surface area contributed by atoms with Gasteiger partial charge in [0.25, 0.3) is 0 Å². The third kappa shape index (κ3) is 0.967. The smallest absolute Gasteiger partial charge is 0.159 e. The Morgan fingerprint density at radius 2 is 2.42 bits per heavy atom. The highest BCUT2D eigenvalue weighted by atomic mass is 15.2. The normalized spacial score (nSPS) is 10.8. The lowest BCUT2D eigenvalue weighted by atomic mass is 10.3. The third-order valence-electron chi connectivity index (χ3n) is 1.80. The third-order valence-corrected chi connectivity index (χ3v) is 1.80. The van der Waals surface area contributed by atoms with E-state index in [0.29, 0.717) is 6.54 Å². The van der Waals surface area contributed by atoms with Crippen LogP contribution in [0.1, 0.15) is 11.3 Å². The molecule has 0 saturated heterocycles. The maximum Gasteiger partial charge on any atom is 0.159 e. The van der Waals surface area contributed by atoms with Crippen molar-refractivity contribution in [2.45, 2.75) is 13.5 Å². The van der Waals surface area contributed by atoms with Crippen LogP contribution in [0.3, 0.4) is 0 Å². The summed E-state index contributed by atoms with van der Waals surface area (Å²) in [5.74, 6) is 0. The minimum absolute atomic E-state index is 0.486. The van der Waals surface area contributed by atoms with Gasteiger partial charge in [0.15, 0.2) is 5.65 Å². The largest absolute Gasteiger partial charge is 0.326 e. The Balaban J connectivity index is 2.75. The van der Waals surface area contributed by atoms with Gasteiger partial charge in [0.1, 0.15) is 0 Å². The van der Waals surface area contributed by atoms with Crippen LogP contribution in [0.15, 0.2) is 18.5 Å². The molecule has 0 fully saturated rings. The van der Waals surface area contributed by atoms with Gasteiger partial charge in [-0.15, -0.1) is 0 Å². The fourth-order valence-electron chi connectivity index (χ4n) is 1.15. The van der Waals surface area contributed by atoms with Crippen LogP contribution >= 0.6 is 0 Å². The predicted octanol–water partition coefficient (Wildman–Crippen LogP) is 0.496. The van der Waals surface area contributed by atoms with Crippen molar-refractivity contribution in [3.63, 3.8) is 0 Å². The number of hydrogen-bond donors (Lipinski definition) is 1. The number of nitrogens with two attached hydrogens (primary N) is 1. The molecule has 0 saturated carbocycles. The standard InChI is InChI=1S/C8H10N4/c1-6-2-3-12-8(11-6)7(4-9)5-10-12/h2-3,5H,4,9H2,1H3. The van der Waals surface area contributed by atoms with Crippen LogP contribution in [0.5, 0.6) is 0 Å². The average molecular weight is 162 g/mol. The molecule has 0 amide bonds. The Morgan fingerprint density at radius 1 is 1.58 bits per heavy atom. The van der Waals surface area contributed by atoms with Crippen LogP contribution in [-0.2, 0) is 6.54 Å². The van der Waals surface area contributed by atoms with Crippen LogP contribution < -0.4 is 5.73 Å². The van der Waals surface area contributed by atoms with Crippen molar-refractivity contribution >= 4 is 5.65 Å². The number of rotatable bonds is 1. The molecule has 62 valence electrons. The zero-order chi connectivity index (χ0) is 8.55. The molecule has 4 heteroatoms. The molecular formula is C8H10N4. The first-order valence-corrected chi connectivity index (χ1v) is 3.81. The first-order valence-electron chi connectivity index (χ1n) is 3.81. The highest BCUT2D eigenvalue weighted by Gasteiger charge is 2.02. The topological polar surface area (TPSA) is 56.2 Å². The summed E-state index contributed by atoms with van der Waals surface area (Å²) in [4.78, 5) is 4.33. The van der Waals surface area contributed by atoms with E-state index in [4.69, 9.17) is 5.73 Å². The summed E-state index contributed by atoms with van der Waals surface area (Å²) in [5, 5.41) is 4.10. The van der Waals surface area contributed by atoms with Crippen molar-refractivity contribution in [3.05, 3.63) is 29.7 Å². The van der Waals surface area contributed by atoms with Crippen LogP contribution in [0.4, 0.5) is 0 Å². The first-order chi connectivity index (χ1) is 5.81. The first kappa shape index (κ1) is 7.24. The van der Waals surface area contributed by atoms with E-state index in [1.165, 1.54) is 0 Å². The van der Waals surface area contributed by atoms with Gasteiger partial charge in [0.2, 0.25) is 0 Å². The summed E-state index contributed by atoms with van der Waals surface area (Å²) in [6.45, 7) is 2.44. The minimum atomic E-state index is 0.486. The average Bonchev–Trinajstić information content (AvgIpc) is 2.46. The highest BCUT2D eigenvalue weighted by Crippen LogP contribution is 2.06. The van der Waals surface area contributed by atoms with Gasteiger partial charge >= 0.3 is 0 Å². The van der Waals surface area contributed by atoms with E-state index in [9.17, 15) is 0 Å². The monoisotopic (exact) mass is 162 g/mol. The molecular weight excluding hydrogens is 152 g/mol. The van der Waals surface area contributed by atoms with Gasteiger partial charge in [-0.05, 0) is 13.0 Å². The summed E-state index contributed by atoms with van der Waals surface area (Å²) in [6.07, 6.45) is 3.64. The fourth-order valence-corrected chi connectivity index (χ4v) is 1.15. The molecule has 0 aromatic carbocycles. The molecule has 2 aromatic heterocycles. The lowest BCUT2D eigenvalue weighted by Gasteiger charge is -1.95. The van der Waals surface area contributed by atoms with Crippen molar-refractivity contribution in [1.82, 2.24) is 14.6 Å². The van der Waals surface area contributed by atoms with Gasteiger partial charge in [-0.3, -0.25) is 0 Å². The molecule has 2 heterocycles. The predicted molar refractivity (Wildman–Crippen MR) is 45.6 cm³/mol. The van der Waals surface area contributed by atoms with Gasteiger partial charge < -0.3 is 5.73 Å². The Labute approximate surface area is 70.0 Å². The summed E-state index contributed by atoms with van der Waals surface area (Å²) in [7, 11) is 0. The van der Waals surface area contributed by atoms with Gasteiger partial charge in [-0.2, -0.15) is 5.10 Å². The summed E-state index contributed by atoms with van der Waals surface area (Å²) < 4.78 is 1.73. The second-order valence-electron chi connectivity index (χ2n) is 2.71. The van der Waals surface area contributed by atoms with Gasteiger partial charge in [-0.25, -0.2) is 9.50 Å². The number of fused-ring (bicyclic) bond motifs is 1. The molecule has 2 aromatic rings. The summed E-state index contributed by atoms with van der Waals surface area (Å²) >= 11 is 0. The molecule has 0 radical (unpaired) electrons. The Hall–Kier alpha value is -1.42. The van der Waals surface area contributed by atoms with E-state index in [-0.39, 0.29) is 0 Å². The summed E-state index contributed by atoms with van der Waals surface area (Å²) in [6, 6.07) is 1.92.